The van der Waals surface area contributed by atoms with Gasteiger partial charge >= 0.3 is 5.97 Å². The van der Waals surface area contributed by atoms with Gasteiger partial charge in [0.15, 0.2) is 0 Å². The highest BCUT2D eigenvalue weighted by Gasteiger charge is 2.22. The monoisotopic (exact) mass is 415 g/mol. The highest BCUT2D eigenvalue weighted by atomic mass is 16.5. The molecule has 164 valence electrons. The SMILES string of the molecule is CC.CCOC(=O)C(Cc1ccc(O)cc1)NC(=O)CCc1cc(C)c(O)c(C)c1. The Morgan fingerprint density at radius 3 is 2.10 bits per heavy atom. The van der Waals surface area contributed by atoms with E-state index in [1.54, 1.807) is 19.1 Å². The molecule has 6 heteroatoms. The quantitative estimate of drug-likeness (QED) is 0.567. The van der Waals surface area contributed by atoms with Gasteiger partial charge in [-0.3, -0.25) is 4.79 Å². The predicted octanol–water partition coefficient (Wildman–Crippen LogP) is 3.96. The Balaban J connectivity index is 0.00000218. The number of aryl methyl sites for hydroxylation is 3. The summed E-state index contributed by atoms with van der Waals surface area (Å²) in [6.07, 6.45) is 1.000. The Labute approximate surface area is 178 Å². The highest BCUT2D eigenvalue weighted by Crippen LogP contribution is 2.23. The number of phenolic OH excluding ortho intramolecular Hbond substituents is 2. The lowest BCUT2D eigenvalue weighted by molar-refractivity contribution is -0.147. The molecule has 0 saturated heterocycles. The third-order valence-electron chi connectivity index (χ3n) is 4.47. The number of aromatic hydroxyl groups is 2. The number of rotatable bonds is 8. The first-order valence-electron chi connectivity index (χ1n) is 10.3. The first-order chi connectivity index (χ1) is 14.3. The average molecular weight is 416 g/mol. The fourth-order valence-corrected chi connectivity index (χ4v) is 3.02. The smallest absolute Gasteiger partial charge is 0.328 e. The van der Waals surface area contributed by atoms with Crippen LogP contribution in [0.4, 0.5) is 0 Å². The summed E-state index contributed by atoms with van der Waals surface area (Å²) in [6.45, 7) is 9.58. The molecule has 0 fully saturated rings. The maximum Gasteiger partial charge on any atom is 0.328 e. The molecule has 2 rings (SSSR count). The van der Waals surface area contributed by atoms with Crippen molar-refractivity contribution < 1.29 is 24.5 Å². The van der Waals surface area contributed by atoms with Crippen LogP contribution in [0.5, 0.6) is 11.5 Å². The molecule has 0 aliphatic heterocycles. The molecule has 1 amide bonds. The molecule has 0 spiro atoms. The molecule has 2 aromatic carbocycles. The van der Waals surface area contributed by atoms with Gasteiger partial charge in [-0.05, 0) is 61.6 Å². The van der Waals surface area contributed by atoms with Gasteiger partial charge in [0.25, 0.3) is 0 Å². The van der Waals surface area contributed by atoms with E-state index in [-0.39, 0.29) is 36.9 Å². The largest absolute Gasteiger partial charge is 0.508 e. The number of carbonyl (C=O) groups excluding carboxylic acids is 2. The zero-order valence-corrected chi connectivity index (χ0v) is 18.5. The Morgan fingerprint density at radius 2 is 1.57 bits per heavy atom. The number of phenols is 2. The van der Waals surface area contributed by atoms with Crippen LogP contribution in [0.1, 0.15) is 49.4 Å². The summed E-state index contributed by atoms with van der Waals surface area (Å²) < 4.78 is 5.08. The average Bonchev–Trinajstić information content (AvgIpc) is 2.73. The summed E-state index contributed by atoms with van der Waals surface area (Å²) in [6, 6.07) is 9.40. The minimum Gasteiger partial charge on any atom is -0.508 e. The van der Waals surface area contributed by atoms with E-state index in [2.05, 4.69) is 5.32 Å². The Hall–Kier alpha value is -3.02. The molecule has 0 saturated carbocycles. The Morgan fingerprint density at radius 1 is 1.00 bits per heavy atom. The lowest BCUT2D eigenvalue weighted by Crippen LogP contribution is -2.43. The van der Waals surface area contributed by atoms with Crippen molar-refractivity contribution in [1.82, 2.24) is 5.32 Å². The zero-order chi connectivity index (χ0) is 22.7. The van der Waals surface area contributed by atoms with Crippen molar-refractivity contribution in [2.75, 3.05) is 6.61 Å². The van der Waals surface area contributed by atoms with Gasteiger partial charge in [-0.15, -0.1) is 0 Å². The van der Waals surface area contributed by atoms with Crippen LogP contribution >= 0.6 is 0 Å². The van der Waals surface area contributed by atoms with Crippen LogP contribution in [0.2, 0.25) is 0 Å². The number of ether oxygens (including phenoxy) is 1. The van der Waals surface area contributed by atoms with Crippen LogP contribution in [-0.4, -0.2) is 34.7 Å². The number of amides is 1. The van der Waals surface area contributed by atoms with Gasteiger partial charge in [-0.25, -0.2) is 4.79 Å². The number of nitrogens with one attached hydrogen (secondary N) is 1. The highest BCUT2D eigenvalue weighted by molar-refractivity contribution is 5.84. The standard InChI is InChI=1S/C22H27NO5.C2H6/c1-4-28-22(27)19(13-16-5-8-18(24)9-6-16)23-20(25)10-7-17-11-14(2)21(26)15(3)12-17;1-2/h5-6,8-9,11-12,19,24,26H,4,7,10,13H2,1-3H3,(H,23,25);1-2H3. The predicted molar refractivity (Wildman–Crippen MR) is 118 cm³/mol. The second-order valence-corrected chi connectivity index (χ2v) is 6.82. The molecule has 3 N–H and O–H groups in total. The van der Waals surface area contributed by atoms with Gasteiger partial charge < -0.3 is 20.3 Å². The van der Waals surface area contributed by atoms with E-state index >= 15 is 0 Å². The molecule has 0 heterocycles. The van der Waals surface area contributed by atoms with Gasteiger partial charge in [-0.2, -0.15) is 0 Å². The number of carbonyl (C=O) groups is 2. The van der Waals surface area contributed by atoms with Crippen LogP contribution in [0.25, 0.3) is 0 Å². The van der Waals surface area contributed by atoms with Crippen LogP contribution < -0.4 is 5.32 Å². The third kappa shape index (κ3) is 7.78. The first kappa shape index (κ1) is 25.0. The summed E-state index contributed by atoms with van der Waals surface area (Å²) >= 11 is 0. The summed E-state index contributed by atoms with van der Waals surface area (Å²) in [5.74, 6) is -0.329. The summed E-state index contributed by atoms with van der Waals surface area (Å²) in [4.78, 5) is 24.6. The topological polar surface area (TPSA) is 95.9 Å². The molecule has 0 bridgehead atoms. The molecule has 0 aliphatic carbocycles. The second-order valence-electron chi connectivity index (χ2n) is 6.82. The van der Waals surface area contributed by atoms with E-state index in [0.29, 0.717) is 6.42 Å². The molecule has 30 heavy (non-hydrogen) atoms. The van der Waals surface area contributed by atoms with Crippen molar-refractivity contribution in [3.8, 4) is 11.5 Å². The van der Waals surface area contributed by atoms with Crippen molar-refractivity contribution in [3.63, 3.8) is 0 Å². The van der Waals surface area contributed by atoms with E-state index in [1.807, 2.05) is 39.8 Å². The van der Waals surface area contributed by atoms with Gasteiger partial charge in [0.1, 0.15) is 17.5 Å². The van der Waals surface area contributed by atoms with Gasteiger partial charge in [-0.1, -0.05) is 38.1 Å². The van der Waals surface area contributed by atoms with Gasteiger partial charge in [0.2, 0.25) is 5.91 Å². The number of hydrogen-bond acceptors (Lipinski definition) is 5. The van der Waals surface area contributed by atoms with Gasteiger partial charge in [0.05, 0.1) is 6.61 Å². The van der Waals surface area contributed by atoms with Crippen LogP contribution in [-0.2, 0) is 27.2 Å². The molecular weight excluding hydrogens is 382 g/mol. The fraction of sp³-hybridized carbons (Fsp3) is 0.417. The van der Waals surface area contributed by atoms with Crippen molar-refractivity contribution in [2.24, 2.45) is 0 Å². The number of esters is 1. The normalized spacial score (nSPS) is 11.1. The molecule has 2 aromatic rings. The lowest BCUT2D eigenvalue weighted by Gasteiger charge is -2.18. The van der Waals surface area contributed by atoms with Crippen molar-refractivity contribution >= 4 is 11.9 Å². The van der Waals surface area contributed by atoms with E-state index in [4.69, 9.17) is 4.74 Å². The van der Waals surface area contributed by atoms with Crippen LogP contribution in [0, 0.1) is 13.8 Å². The second kappa shape index (κ2) is 12.5. The molecule has 0 radical (unpaired) electrons. The molecule has 6 nitrogen and oxygen atoms in total. The number of hydrogen-bond donors (Lipinski definition) is 3. The molecule has 0 aliphatic rings. The lowest BCUT2D eigenvalue weighted by atomic mass is 10.0. The first-order valence-corrected chi connectivity index (χ1v) is 10.3. The molecule has 1 atom stereocenters. The Bertz CT molecular complexity index is 807. The minimum atomic E-state index is -0.791. The van der Waals surface area contributed by atoms with E-state index in [1.165, 1.54) is 12.1 Å². The maximum atomic E-state index is 12.4. The fourth-order valence-electron chi connectivity index (χ4n) is 3.02. The summed E-state index contributed by atoms with van der Waals surface area (Å²) in [5, 5.41) is 22.0. The molecule has 1 unspecified atom stereocenters. The van der Waals surface area contributed by atoms with E-state index in [9.17, 15) is 19.8 Å². The van der Waals surface area contributed by atoms with Gasteiger partial charge in [0, 0.05) is 12.8 Å². The van der Waals surface area contributed by atoms with Crippen LogP contribution in [0.3, 0.4) is 0 Å². The van der Waals surface area contributed by atoms with E-state index in [0.717, 1.165) is 22.3 Å². The van der Waals surface area contributed by atoms with E-state index < -0.39 is 12.0 Å². The zero-order valence-electron chi connectivity index (χ0n) is 18.5. The Kier molecular flexibility index (Phi) is 10.4. The van der Waals surface area contributed by atoms with Crippen molar-refractivity contribution in [2.45, 2.75) is 59.9 Å². The van der Waals surface area contributed by atoms with Crippen LogP contribution in [0.15, 0.2) is 36.4 Å². The number of benzene rings is 2. The third-order valence-corrected chi connectivity index (χ3v) is 4.47. The molecule has 0 aromatic heterocycles. The van der Waals surface area contributed by atoms with Crippen molar-refractivity contribution in [1.29, 1.82) is 0 Å². The maximum absolute atomic E-state index is 12.4. The van der Waals surface area contributed by atoms with Crippen molar-refractivity contribution in [3.05, 3.63) is 58.7 Å². The summed E-state index contributed by atoms with van der Waals surface area (Å²) in [7, 11) is 0. The minimum absolute atomic E-state index is 0.139. The molecular formula is C24H33NO5. The summed E-state index contributed by atoms with van der Waals surface area (Å²) in [5.41, 5.74) is 3.30.